The average Bonchev–Trinajstić information content (AvgIpc) is 3.31. The van der Waals surface area contributed by atoms with Gasteiger partial charge in [0.2, 0.25) is 12.4 Å². The fourth-order valence-electron chi connectivity index (χ4n) is 6.43. The largest absolute Gasteiger partial charge is 0.465 e. The number of carbonyl (C=O) groups is 5. The Morgan fingerprint density at radius 1 is 0.450 bits per heavy atom. The first kappa shape index (κ1) is 40.6. The van der Waals surface area contributed by atoms with Crippen molar-refractivity contribution in [2.45, 2.75) is 30.7 Å². The minimum Gasteiger partial charge on any atom is -0.465 e. The Balaban J connectivity index is 1.28. The van der Waals surface area contributed by atoms with Crippen LogP contribution in [0.4, 0.5) is 0 Å². The molecule has 0 N–H and O–H groups in total. The third-order valence-corrected chi connectivity index (χ3v) is 9.46. The molecule has 6 aromatic carbocycles. The van der Waals surface area contributed by atoms with Crippen LogP contribution < -0.4 is 4.74 Å². The van der Waals surface area contributed by atoms with Crippen LogP contribution in [0.1, 0.15) is 51.8 Å². The minimum atomic E-state index is -1.59. The number of ether oxygens (including phenoxy) is 7. The molecule has 6 aromatic rings. The number of methoxy groups -OCH3 is 1. The van der Waals surface area contributed by atoms with E-state index in [1.807, 2.05) is 6.07 Å². The summed E-state index contributed by atoms with van der Waals surface area (Å²) < 4.78 is 41.8. The second-order valence-corrected chi connectivity index (χ2v) is 13.4. The van der Waals surface area contributed by atoms with Gasteiger partial charge in [-0.25, -0.2) is 24.0 Å². The topological polar surface area (TPSA) is 150 Å². The van der Waals surface area contributed by atoms with Crippen molar-refractivity contribution < 1.29 is 57.1 Å². The van der Waals surface area contributed by atoms with E-state index in [0.717, 1.165) is 11.1 Å². The Labute approximate surface area is 345 Å². The molecule has 1 aliphatic rings. The molecule has 12 heteroatoms. The van der Waals surface area contributed by atoms with Gasteiger partial charge in [-0.05, 0) is 83.9 Å². The molecule has 1 fully saturated rings. The molecule has 0 bridgehead atoms. The number of rotatable bonds is 13. The van der Waals surface area contributed by atoms with Crippen LogP contribution in [0, 0.1) is 0 Å². The lowest BCUT2D eigenvalue weighted by Crippen LogP contribution is -2.63. The second-order valence-electron chi connectivity index (χ2n) is 13.4. The Morgan fingerprint density at radius 2 is 0.900 bits per heavy atom. The number of esters is 5. The zero-order chi connectivity index (χ0) is 41.8. The van der Waals surface area contributed by atoms with Crippen LogP contribution in [0.25, 0.3) is 11.1 Å². The van der Waals surface area contributed by atoms with Gasteiger partial charge in [0.1, 0.15) is 18.5 Å². The van der Waals surface area contributed by atoms with Crippen LogP contribution >= 0.6 is 0 Å². The normalized spacial score (nSPS) is 18.2. The van der Waals surface area contributed by atoms with Crippen LogP contribution in [-0.2, 0) is 28.4 Å². The smallest absolute Gasteiger partial charge is 0.338 e. The monoisotopic (exact) mass is 806 g/mol. The third kappa shape index (κ3) is 9.92. The first-order chi connectivity index (χ1) is 29.3. The molecule has 1 heterocycles. The number of hydrogen-bond acceptors (Lipinski definition) is 12. The van der Waals surface area contributed by atoms with Gasteiger partial charge in [0.25, 0.3) is 0 Å². The molecule has 12 nitrogen and oxygen atoms in total. The summed E-state index contributed by atoms with van der Waals surface area (Å²) in [5.74, 6) is -3.42. The summed E-state index contributed by atoms with van der Waals surface area (Å²) in [5.41, 5.74) is 2.56. The molecule has 0 saturated carbocycles. The highest BCUT2D eigenvalue weighted by molar-refractivity contribution is 5.92. The van der Waals surface area contributed by atoms with Crippen molar-refractivity contribution in [3.05, 3.63) is 198 Å². The fourth-order valence-corrected chi connectivity index (χ4v) is 6.43. The highest BCUT2D eigenvalue weighted by atomic mass is 16.7. The first-order valence-corrected chi connectivity index (χ1v) is 18.9. The number of hydrogen-bond donors (Lipinski definition) is 0. The van der Waals surface area contributed by atoms with Gasteiger partial charge >= 0.3 is 29.8 Å². The van der Waals surface area contributed by atoms with E-state index in [1.165, 1.54) is 31.4 Å². The molecule has 0 radical (unpaired) electrons. The summed E-state index contributed by atoms with van der Waals surface area (Å²) in [5, 5.41) is 0. The summed E-state index contributed by atoms with van der Waals surface area (Å²) in [6.45, 7) is -0.505. The van der Waals surface area contributed by atoms with Crippen molar-refractivity contribution in [1.29, 1.82) is 0 Å². The molecule has 1 saturated heterocycles. The van der Waals surface area contributed by atoms with E-state index in [0.29, 0.717) is 5.56 Å². The van der Waals surface area contributed by atoms with Gasteiger partial charge in [-0.2, -0.15) is 0 Å². The summed E-state index contributed by atoms with van der Waals surface area (Å²) >= 11 is 0. The molecular weight excluding hydrogens is 769 g/mol. The summed E-state index contributed by atoms with van der Waals surface area (Å²) in [6, 6.07) is 46.2. The SMILES string of the molecule is COC(=O)c1cccc(-c2ccc(O[C@@H]3O[C@H](COC(=O)c4ccccc4)[C@@H](OC(=O)c4ccccc4)[C@H](OC(=O)c4ccccc4)[C@H]3OC(=O)c3ccccc3)cc2)c1. The van der Waals surface area contributed by atoms with Gasteiger partial charge in [0.05, 0.1) is 34.9 Å². The molecular formula is C48H38O12. The van der Waals surface area contributed by atoms with Crippen LogP contribution in [0.2, 0.25) is 0 Å². The molecule has 0 spiro atoms. The number of carbonyl (C=O) groups excluding carboxylic acids is 5. The highest BCUT2D eigenvalue weighted by Crippen LogP contribution is 2.33. The van der Waals surface area contributed by atoms with Crippen LogP contribution in [0.5, 0.6) is 5.75 Å². The van der Waals surface area contributed by atoms with E-state index in [-0.39, 0.29) is 28.0 Å². The number of benzene rings is 6. The van der Waals surface area contributed by atoms with Crippen molar-refractivity contribution in [2.75, 3.05) is 13.7 Å². The molecule has 7 rings (SSSR count). The molecule has 302 valence electrons. The van der Waals surface area contributed by atoms with Gasteiger partial charge in [0, 0.05) is 0 Å². The Bertz CT molecular complexity index is 2410. The van der Waals surface area contributed by atoms with Crippen LogP contribution in [-0.4, -0.2) is 74.3 Å². The van der Waals surface area contributed by atoms with Gasteiger partial charge in [0.15, 0.2) is 12.2 Å². The van der Waals surface area contributed by atoms with Gasteiger partial charge in [-0.15, -0.1) is 0 Å². The molecule has 0 aliphatic carbocycles. The summed E-state index contributed by atoms with van der Waals surface area (Å²) in [4.78, 5) is 67.0. The van der Waals surface area contributed by atoms with E-state index >= 15 is 0 Å². The Hall–Kier alpha value is -7.57. The fraction of sp³-hybridized carbons (Fsp3) is 0.146. The molecule has 0 unspecified atom stereocenters. The van der Waals surface area contributed by atoms with Gasteiger partial charge < -0.3 is 33.2 Å². The zero-order valence-electron chi connectivity index (χ0n) is 32.2. The standard InChI is InChI=1S/C48H38O12/c1-54-43(49)37-24-14-23-36(29-37)31-25-27-38(28-26-31)56-48-42(60-47(53)35-21-12-5-13-22-35)41(59-46(52)34-19-10-4-11-20-34)40(58-45(51)33-17-8-3-9-18-33)39(57-48)30-55-44(50)32-15-6-2-7-16-32/h2-29,39-42,48H,30H2,1H3/t39-,40-,41+,42-,48-/m1/s1. The Morgan fingerprint density at radius 3 is 1.40 bits per heavy atom. The van der Waals surface area contributed by atoms with E-state index in [2.05, 4.69) is 0 Å². The molecule has 60 heavy (non-hydrogen) atoms. The summed E-state index contributed by atoms with van der Waals surface area (Å²) in [6.07, 6.45) is -7.55. The quantitative estimate of drug-likeness (QED) is 0.0829. The van der Waals surface area contributed by atoms with Crippen LogP contribution in [0.3, 0.4) is 0 Å². The van der Waals surface area contributed by atoms with Crippen molar-refractivity contribution in [3.63, 3.8) is 0 Å². The van der Waals surface area contributed by atoms with Gasteiger partial charge in [-0.1, -0.05) is 97.1 Å². The maximum atomic E-state index is 13.9. The lowest BCUT2D eigenvalue weighted by atomic mass is 9.97. The van der Waals surface area contributed by atoms with E-state index < -0.39 is 67.2 Å². The van der Waals surface area contributed by atoms with E-state index in [9.17, 15) is 24.0 Å². The third-order valence-electron chi connectivity index (χ3n) is 9.46. The highest BCUT2D eigenvalue weighted by Gasteiger charge is 2.54. The van der Waals surface area contributed by atoms with Crippen LogP contribution in [0.15, 0.2) is 170 Å². The average molecular weight is 807 g/mol. The molecule has 0 aromatic heterocycles. The van der Waals surface area contributed by atoms with E-state index in [4.69, 9.17) is 33.2 Å². The van der Waals surface area contributed by atoms with Crippen molar-refractivity contribution in [3.8, 4) is 16.9 Å². The predicted molar refractivity (Wildman–Crippen MR) is 216 cm³/mol. The lowest BCUT2D eigenvalue weighted by Gasteiger charge is -2.44. The minimum absolute atomic E-state index is 0.154. The van der Waals surface area contributed by atoms with Gasteiger partial charge in [-0.3, -0.25) is 0 Å². The maximum Gasteiger partial charge on any atom is 0.338 e. The zero-order valence-corrected chi connectivity index (χ0v) is 32.2. The van der Waals surface area contributed by atoms with E-state index in [1.54, 1.807) is 140 Å². The maximum absolute atomic E-state index is 13.9. The predicted octanol–water partition coefficient (Wildman–Crippen LogP) is 7.78. The second kappa shape index (κ2) is 19.2. The van der Waals surface area contributed by atoms with Crippen molar-refractivity contribution in [1.82, 2.24) is 0 Å². The molecule has 0 amide bonds. The Kier molecular flexibility index (Phi) is 13.0. The molecule has 5 atom stereocenters. The van der Waals surface area contributed by atoms with Crippen molar-refractivity contribution >= 4 is 29.8 Å². The summed E-state index contributed by atoms with van der Waals surface area (Å²) in [7, 11) is 1.30. The first-order valence-electron chi connectivity index (χ1n) is 18.9. The van der Waals surface area contributed by atoms with Crippen molar-refractivity contribution in [2.24, 2.45) is 0 Å². The lowest BCUT2D eigenvalue weighted by molar-refractivity contribution is -0.275. The molecule has 1 aliphatic heterocycles.